The molecule has 0 radical (unpaired) electrons. The van der Waals surface area contributed by atoms with Gasteiger partial charge in [0, 0.05) is 25.7 Å². The molecule has 2 amide bonds. The Morgan fingerprint density at radius 3 is 2.53 bits per heavy atom. The second-order valence-corrected chi connectivity index (χ2v) is 9.04. The lowest BCUT2D eigenvalue weighted by molar-refractivity contribution is -0.132. The molecule has 1 heterocycles. The molecule has 0 unspecified atom stereocenters. The van der Waals surface area contributed by atoms with Crippen LogP contribution < -0.4 is 20.9 Å². The standard InChI is InChI=1S/C24H28N4O3S/c1-15-11-24(12-15,22(30)26-27-23(32)25-2)18-7-6-17-14-28(21(29)20(17)10-18)13-16-4-8-19(31-3)9-5-16/h4-10,15H,11-14H2,1-3H3,(H,26,30)(H2,25,27,32). The van der Waals surface area contributed by atoms with E-state index in [-0.39, 0.29) is 11.8 Å². The van der Waals surface area contributed by atoms with Crippen LogP contribution in [0.15, 0.2) is 42.5 Å². The average Bonchev–Trinajstić information content (AvgIpc) is 3.10. The summed E-state index contributed by atoms with van der Waals surface area (Å²) in [5, 5.41) is 3.12. The second-order valence-electron chi connectivity index (χ2n) is 8.63. The highest BCUT2D eigenvalue weighted by Crippen LogP contribution is 2.48. The number of carbonyl (C=O) groups is 2. The highest BCUT2D eigenvalue weighted by molar-refractivity contribution is 7.80. The fraction of sp³-hybridized carbons (Fsp3) is 0.375. The topological polar surface area (TPSA) is 82.7 Å². The number of ether oxygens (including phenoxy) is 1. The molecule has 4 rings (SSSR count). The summed E-state index contributed by atoms with van der Waals surface area (Å²) in [5.41, 5.74) is 8.39. The molecule has 0 bridgehead atoms. The van der Waals surface area contributed by atoms with Crippen LogP contribution in [0.25, 0.3) is 0 Å². The number of nitrogens with one attached hydrogen (secondary N) is 3. The molecular formula is C24H28N4O3S. The van der Waals surface area contributed by atoms with Crippen molar-refractivity contribution in [2.45, 2.75) is 38.3 Å². The van der Waals surface area contributed by atoms with Crippen molar-refractivity contribution in [2.24, 2.45) is 5.92 Å². The molecule has 168 valence electrons. The molecule has 8 heteroatoms. The highest BCUT2D eigenvalue weighted by Gasteiger charge is 2.50. The average molecular weight is 453 g/mol. The summed E-state index contributed by atoms with van der Waals surface area (Å²) < 4.78 is 5.21. The number of rotatable bonds is 5. The summed E-state index contributed by atoms with van der Waals surface area (Å²) in [4.78, 5) is 28.1. The fourth-order valence-electron chi connectivity index (χ4n) is 4.72. The third kappa shape index (κ3) is 4.02. The van der Waals surface area contributed by atoms with Gasteiger partial charge in [0.2, 0.25) is 5.91 Å². The van der Waals surface area contributed by atoms with Crippen molar-refractivity contribution in [3.63, 3.8) is 0 Å². The molecule has 2 aliphatic rings. The van der Waals surface area contributed by atoms with Gasteiger partial charge in [0.1, 0.15) is 5.75 Å². The minimum absolute atomic E-state index is 0.00455. The van der Waals surface area contributed by atoms with E-state index in [1.54, 1.807) is 14.2 Å². The first-order valence-electron chi connectivity index (χ1n) is 10.7. The maximum atomic E-state index is 13.2. The number of hydrogen-bond donors (Lipinski definition) is 3. The van der Waals surface area contributed by atoms with Crippen LogP contribution in [0.4, 0.5) is 0 Å². The first-order chi connectivity index (χ1) is 15.4. The molecule has 32 heavy (non-hydrogen) atoms. The Labute approximate surface area is 193 Å². The van der Waals surface area contributed by atoms with Crippen LogP contribution in [0.3, 0.4) is 0 Å². The van der Waals surface area contributed by atoms with E-state index in [1.807, 2.05) is 47.4 Å². The number of hydrazine groups is 1. The Bertz CT molecular complexity index is 1050. The molecule has 1 fully saturated rings. The van der Waals surface area contributed by atoms with E-state index in [4.69, 9.17) is 17.0 Å². The summed E-state index contributed by atoms with van der Waals surface area (Å²) in [6, 6.07) is 13.6. The van der Waals surface area contributed by atoms with E-state index in [2.05, 4.69) is 23.1 Å². The Morgan fingerprint density at radius 1 is 1.19 bits per heavy atom. The Kier molecular flexibility index (Phi) is 6.06. The summed E-state index contributed by atoms with van der Waals surface area (Å²) >= 11 is 5.06. The van der Waals surface area contributed by atoms with Crippen LogP contribution in [-0.4, -0.2) is 36.0 Å². The Hall–Kier alpha value is -3.13. The molecule has 1 saturated carbocycles. The molecule has 0 aromatic heterocycles. The van der Waals surface area contributed by atoms with Crippen LogP contribution in [0, 0.1) is 5.92 Å². The van der Waals surface area contributed by atoms with Crippen LogP contribution >= 0.6 is 12.2 Å². The van der Waals surface area contributed by atoms with Gasteiger partial charge in [0.25, 0.3) is 5.91 Å². The molecular weight excluding hydrogens is 424 g/mol. The van der Waals surface area contributed by atoms with Gasteiger partial charge < -0.3 is 15.0 Å². The van der Waals surface area contributed by atoms with E-state index < -0.39 is 5.41 Å². The second kappa shape index (κ2) is 8.78. The zero-order chi connectivity index (χ0) is 22.9. The number of carbonyl (C=O) groups excluding carboxylic acids is 2. The third-order valence-electron chi connectivity index (χ3n) is 6.42. The number of methoxy groups -OCH3 is 1. The third-order valence-corrected chi connectivity index (χ3v) is 6.73. The van der Waals surface area contributed by atoms with Crippen molar-refractivity contribution in [1.82, 2.24) is 21.1 Å². The van der Waals surface area contributed by atoms with E-state index in [0.717, 1.165) is 35.3 Å². The fourth-order valence-corrected chi connectivity index (χ4v) is 4.77. The molecule has 1 aliphatic carbocycles. The van der Waals surface area contributed by atoms with Gasteiger partial charge in [0.05, 0.1) is 12.5 Å². The van der Waals surface area contributed by atoms with Crippen molar-refractivity contribution >= 4 is 29.1 Å². The minimum Gasteiger partial charge on any atom is -0.497 e. The summed E-state index contributed by atoms with van der Waals surface area (Å²) in [6.07, 6.45) is 1.46. The van der Waals surface area contributed by atoms with Crippen LogP contribution in [-0.2, 0) is 23.3 Å². The number of fused-ring (bicyclic) bond motifs is 1. The van der Waals surface area contributed by atoms with Crippen molar-refractivity contribution in [3.05, 3.63) is 64.7 Å². The highest BCUT2D eigenvalue weighted by atomic mass is 32.1. The van der Waals surface area contributed by atoms with Crippen molar-refractivity contribution in [1.29, 1.82) is 0 Å². The number of amides is 2. The molecule has 3 N–H and O–H groups in total. The lowest BCUT2D eigenvalue weighted by atomic mass is 9.58. The van der Waals surface area contributed by atoms with Gasteiger partial charge in [-0.25, -0.2) is 0 Å². The largest absolute Gasteiger partial charge is 0.497 e. The van der Waals surface area contributed by atoms with Gasteiger partial charge in [-0.3, -0.25) is 20.4 Å². The normalized spacial score (nSPS) is 21.4. The molecule has 2 aromatic carbocycles. The summed E-state index contributed by atoms with van der Waals surface area (Å²) in [7, 11) is 3.32. The number of nitrogens with zero attached hydrogens (tertiary/aromatic N) is 1. The van der Waals surface area contributed by atoms with Crippen molar-refractivity contribution < 1.29 is 14.3 Å². The van der Waals surface area contributed by atoms with Gasteiger partial charge in [-0.2, -0.15) is 0 Å². The predicted octanol–water partition coefficient (Wildman–Crippen LogP) is 2.64. The maximum Gasteiger partial charge on any atom is 0.254 e. The van der Waals surface area contributed by atoms with Crippen LogP contribution in [0.1, 0.15) is 46.8 Å². The maximum absolute atomic E-state index is 13.2. The first kappa shape index (κ1) is 22.1. The Morgan fingerprint density at radius 2 is 1.91 bits per heavy atom. The minimum atomic E-state index is -0.658. The van der Waals surface area contributed by atoms with E-state index in [1.165, 1.54) is 0 Å². The van der Waals surface area contributed by atoms with E-state index >= 15 is 0 Å². The lowest BCUT2D eigenvalue weighted by Gasteiger charge is -2.45. The summed E-state index contributed by atoms with van der Waals surface area (Å²) in [6.45, 7) is 3.22. The SMILES string of the molecule is CNC(=S)NNC(=O)C1(c2ccc3c(c2)C(=O)N(Cc2ccc(OC)cc2)C3)CC(C)C1. The molecule has 1 aliphatic heterocycles. The van der Waals surface area contributed by atoms with Gasteiger partial charge in [-0.05, 0) is 65.9 Å². The summed E-state index contributed by atoms with van der Waals surface area (Å²) in [5.74, 6) is 1.09. The van der Waals surface area contributed by atoms with Gasteiger partial charge >= 0.3 is 0 Å². The lowest BCUT2D eigenvalue weighted by Crippen LogP contribution is -2.57. The molecule has 7 nitrogen and oxygen atoms in total. The molecule has 2 aromatic rings. The monoisotopic (exact) mass is 452 g/mol. The molecule has 0 atom stereocenters. The van der Waals surface area contributed by atoms with E-state index in [0.29, 0.717) is 29.7 Å². The van der Waals surface area contributed by atoms with Gasteiger partial charge in [-0.1, -0.05) is 31.2 Å². The zero-order valence-electron chi connectivity index (χ0n) is 18.5. The first-order valence-corrected chi connectivity index (χ1v) is 11.1. The smallest absolute Gasteiger partial charge is 0.254 e. The molecule has 0 spiro atoms. The van der Waals surface area contributed by atoms with E-state index in [9.17, 15) is 9.59 Å². The predicted molar refractivity (Wildman–Crippen MR) is 126 cm³/mol. The van der Waals surface area contributed by atoms with Crippen molar-refractivity contribution in [2.75, 3.05) is 14.2 Å². The van der Waals surface area contributed by atoms with Crippen LogP contribution in [0.5, 0.6) is 5.75 Å². The molecule has 0 saturated heterocycles. The number of thiocarbonyl (C=S) groups is 1. The zero-order valence-corrected chi connectivity index (χ0v) is 19.3. The van der Waals surface area contributed by atoms with Gasteiger partial charge in [-0.15, -0.1) is 0 Å². The van der Waals surface area contributed by atoms with Crippen molar-refractivity contribution in [3.8, 4) is 5.75 Å². The quantitative estimate of drug-likeness (QED) is 0.478. The van der Waals surface area contributed by atoms with Crippen LogP contribution in [0.2, 0.25) is 0 Å². The number of hydrogen-bond acceptors (Lipinski definition) is 4. The Balaban J connectivity index is 1.53. The van der Waals surface area contributed by atoms with Gasteiger partial charge in [0.15, 0.2) is 5.11 Å². The number of benzene rings is 2.